The molecule has 1 aromatic rings. The van der Waals surface area contributed by atoms with Crippen LogP contribution in [0.5, 0.6) is 0 Å². The van der Waals surface area contributed by atoms with E-state index in [4.69, 9.17) is 14.9 Å². The maximum Gasteiger partial charge on any atom is 0.373 e. The number of rotatable bonds is 5. The molecular weight excluding hydrogens is 234 g/mol. The number of ether oxygens (including phenoxy) is 1. The minimum absolute atomic E-state index is 0.105. The smallest absolute Gasteiger partial charge is 0.373 e. The van der Waals surface area contributed by atoms with Crippen LogP contribution < -0.4 is 0 Å². The summed E-state index contributed by atoms with van der Waals surface area (Å²) in [4.78, 5) is 12.9. The van der Waals surface area contributed by atoms with Crippen LogP contribution in [0.25, 0.3) is 0 Å². The van der Waals surface area contributed by atoms with Crippen molar-refractivity contribution in [3.05, 3.63) is 23.7 Å². The van der Waals surface area contributed by atoms with Crippen molar-refractivity contribution < 1.29 is 13.9 Å². The zero-order chi connectivity index (χ0) is 13.5. The molecule has 18 heavy (non-hydrogen) atoms. The molecule has 1 unspecified atom stereocenters. The maximum absolute atomic E-state index is 11.2. The van der Waals surface area contributed by atoms with E-state index in [0.717, 1.165) is 0 Å². The molecule has 0 aromatic carbocycles. The number of esters is 1. The maximum atomic E-state index is 11.2. The molecule has 0 spiro atoms. The first-order valence-corrected chi connectivity index (χ1v) is 5.30. The Kier molecular flexibility index (Phi) is 4.91. The van der Waals surface area contributed by atoms with Gasteiger partial charge in [0.2, 0.25) is 5.76 Å². The molecule has 1 rings (SSSR count). The summed E-state index contributed by atoms with van der Waals surface area (Å²) in [6.45, 7) is 2.03. The lowest BCUT2D eigenvalue weighted by atomic mass is 10.2. The molecule has 0 aliphatic carbocycles. The second-order valence-corrected chi connectivity index (χ2v) is 3.59. The number of nitriles is 2. The van der Waals surface area contributed by atoms with Gasteiger partial charge in [-0.3, -0.25) is 4.90 Å². The van der Waals surface area contributed by atoms with Gasteiger partial charge >= 0.3 is 5.97 Å². The molecule has 6 nitrogen and oxygen atoms in total. The SMILES string of the molecule is COC(=O)c1ccc(C(C)N(CC#N)CC#N)o1. The molecule has 0 saturated heterocycles. The highest BCUT2D eigenvalue weighted by molar-refractivity contribution is 5.86. The third kappa shape index (κ3) is 3.09. The summed E-state index contributed by atoms with van der Waals surface area (Å²) in [6.07, 6.45) is 0. The molecule has 94 valence electrons. The zero-order valence-electron chi connectivity index (χ0n) is 10.2. The molecule has 0 bridgehead atoms. The summed E-state index contributed by atoms with van der Waals surface area (Å²) in [5.41, 5.74) is 0. The lowest BCUT2D eigenvalue weighted by Gasteiger charge is -2.21. The Balaban J connectivity index is 2.85. The molecule has 0 radical (unpaired) electrons. The standard InChI is InChI=1S/C12H13N3O3/c1-9(15(7-5-13)8-6-14)10-3-4-11(18-10)12(16)17-2/h3-4,9H,7-8H2,1-2H3. The molecule has 1 aromatic heterocycles. The number of nitrogens with zero attached hydrogens (tertiary/aromatic N) is 3. The first-order chi connectivity index (χ1) is 8.63. The van der Waals surface area contributed by atoms with Crippen LogP contribution in [0.2, 0.25) is 0 Å². The van der Waals surface area contributed by atoms with Gasteiger partial charge in [0.1, 0.15) is 5.76 Å². The Labute approximate surface area is 105 Å². The van der Waals surface area contributed by atoms with Crippen LogP contribution in [-0.2, 0) is 4.74 Å². The van der Waals surface area contributed by atoms with Gasteiger partial charge in [0, 0.05) is 0 Å². The minimum atomic E-state index is -0.555. The summed E-state index contributed by atoms with van der Waals surface area (Å²) in [7, 11) is 1.27. The first-order valence-electron chi connectivity index (χ1n) is 5.30. The predicted molar refractivity (Wildman–Crippen MR) is 61.3 cm³/mol. The Morgan fingerprint density at radius 1 is 1.44 bits per heavy atom. The molecule has 1 atom stereocenters. The molecule has 0 saturated carbocycles. The van der Waals surface area contributed by atoms with Gasteiger partial charge in [0.25, 0.3) is 0 Å². The lowest BCUT2D eigenvalue weighted by Crippen LogP contribution is -2.27. The quantitative estimate of drug-likeness (QED) is 0.578. The van der Waals surface area contributed by atoms with Crippen molar-refractivity contribution in [2.45, 2.75) is 13.0 Å². The van der Waals surface area contributed by atoms with Gasteiger partial charge in [0.15, 0.2) is 0 Å². The fraction of sp³-hybridized carbons (Fsp3) is 0.417. The number of carbonyl (C=O) groups is 1. The molecule has 0 N–H and O–H groups in total. The highest BCUT2D eigenvalue weighted by Crippen LogP contribution is 2.22. The van der Waals surface area contributed by atoms with Crippen LogP contribution in [0.1, 0.15) is 29.3 Å². The normalized spacial score (nSPS) is 11.6. The topological polar surface area (TPSA) is 90.3 Å². The van der Waals surface area contributed by atoms with E-state index >= 15 is 0 Å². The molecule has 0 aliphatic heterocycles. The Morgan fingerprint density at radius 3 is 2.56 bits per heavy atom. The van der Waals surface area contributed by atoms with Crippen molar-refractivity contribution in [1.29, 1.82) is 10.5 Å². The molecule has 0 aliphatic rings. The second-order valence-electron chi connectivity index (χ2n) is 3.59. The van der Waals surface area contributed by atoms with Crippen molar-refractivity contribution in [2.75, 3.05) is 20.2 Å². The van der Waals surface area contributed by atoms with Crippen molar-refractivity contribution in [3.63, 3.8) is 0 Å². The summed E-state index contributed by atoms with van der Waals surface area (Å²) < 4.78 is 9.87. The number of carbonyl (C=O) groups excluding carboxylic acids is 1. The van der Waals surface area contributed by atoms with Crippen LogP contribution >= 0.6 is 0 Å². The molecule has 0 amide bonds. The number of hydrogen-bond donors (Lipinski definition) is 0. The van der Waals surface area contributed by atoms with Gasteiger partial charge in [-0.15, -0.1) is 0 Å². The van der Waals surface area contributed by atoms with E-state index in [1.807, 2.05) is 12.1 Å². The van der Waals surface area contributed by atoms with Gasteiger partial charge in [-0.1, -0.05) is 0 Å². The van der Waals surface area contributed by atoms with E-state index in [2.05, 4.69) is 4.74 Å². The van der Waals surface area contributed by atoms with E-state index in [1.54, 1.807) is 17.9 Å². The van der Waals surface area contributed by atoms with Crippen LogP contribution in [0, 0.1) is 22.7 Å². The Hall–Kier alpha value is -2.31. The minimum Gasteiger partial charge on any atom is -0.463 e. The van der Waals surface area contributed by atoms with Gasteiger partial charge in [0.05, 0.1) is 38.4 Å². The van der Waals surface area contributed by atoms with Gasteiger partial charge < -0.3 is 9.15 Å². The fourth-order valence-corrected chi connectivity index (χ4v) is 1.48. The first kappa shape index (κ1) is 13.8. The largest absolute Gasteiger partial charge is 0.463 e. The molecule has 1 heterocycles. The third-order valence-corrected chi connectivity index (χ3v) is 2.52. The van der Waals surface area contributed by atoms with Crippen LogP contribution in [0.15, 0.2) is 16.5 Å². The average Bonchev–Trinajstić information content (AvgIpc) is 2.86. The number of furan rings is 1. The summed E-state index contributed by atoms with van der Waals surface area (Å²) in [5, 5.41) is 17.4. The summed E-state index contributed by atoms with van der Waals surface area (Å²) in [6, 6.07) is 6.86. The van der Waals surface area contributed by atoms with Crippen LogP contribution in [-0.4, -0.2) is 31.1 Å². The number of methoxy groups -OCH3 is 1. The molecule has 6 heteroatoms. The molecule has 0 fully saturated rings. The number of hydrogen-bond acceptors (Lipinski definition) is 6. The highest BCUT2D eigenvalue weighted by atomic mass is 16.5. The van der Waals surface area contributed by atoms with Gasteiger partial charge in [-0.25, -0.2) is 4.79 Å². The van der Waals surface area contributed by atoms with E-state index in [9.17, 15) is 4.79 Å². The van der Waals surface area contributed by atoms with Crippen molar-refractivity contribution in [3.8, 4) is 12.1 Å². The van der Waals surface area contributed by atoms with E-state index < -0.39 is 5.97 Å². The Bertz CT molecular complexity index is 479. The predicted octanol–water partition coefficient (Wildman–Crippen LogP) is 1.48. The van der Waals surface area contributed by atoms with Crippen molar-refractivity contribution >= 4 is 5.97 Å². The van der Waals surface area contributed by atoms with Crippen molar-refractivity contribution in [2.24, 2.45) is 0 Å². The monoisotopic (exact) mass is 247 g/mol. The second kappa shape index (κ2) is 6.43. The highest BCUT2D eigenvalue weighted by Gasteiger charge is 2.20. The van der Waals surface area contributed by atoms with Crippen LogP contribution in [0.4, 0.5) is 0 Å². The van der Waals surface area contributed by atoms with Crippen molar-refractivity contribution in [1.82, 2.24) is 4.90 Å². The lowest BCUT2D eigenvalue weighted by molar-refractivity contribution is 0.0559. The van der Waals surface area contributed by atoms with E-state index in [1.165, 1.54) is 13.2 Å². The summed E-state index contributed by atoms with van der Waals surface area (Å²) in [5.74, 6) is 0.0645. The van der Waals surface area contributed by atoms with Gasteiger partial charge in [-0.05, 0) is 19.1 Å². The summed E-state index contributed by atoms with van der Waals surface area (Å²) >= 11 is 0. The zero-order valence-corrected chi connectivity index (χ0v) is 10.2. The van der Waals surface area contributed by atoms with Gasteiger partial charge in [-0.2, -0.15) is 10.5 Å². The average molecular weight is 247 g/mol. The Morgan fingerprint density at radius 2 is 2.06 bits per heavy atom. The molecular formula is C12H13N3O3. The van der Waals surface area contributed by atoms with E-state index in [-0.39, 0.29) is 24.9 Å². The third-order valence-electron chi connectivity index (χ3n) is 2.52. The van der Waals surface area contributed by atoms with E-state index in [0.29, 0.717) is 5.76 Å². The fourth-order valence-electron chi connectivity index (χ4n) is 1.48. The van der Waals surface area contributed by atoms with Crippen LogP contribution in [0.3, 0.4) is 0 Å².